The van der Waals surface area contributed by atoms with Crippen LogP contribution in [0.3, 0.4) is 0 Å². The van der Waals surface area contributed by atoms with Crippen LogP contribution in [-0.2, 0) is 0 Å². The van der Waals surface area contributed by atoms with Crippen molar-refractivity contribution < 1.29 is 0 Å². The average molecular weight is 270 g/mol. The van der Waals surface area contributed by atoms with E-state index >= 15 is 0 Å². The van der Waals surface area contributed by atoms with E-state index in [0.717, 1.165) is 15.0 Å². The van der Waals surface area contributed by atoms with E-state index in [1.54, 1.807) is 17.4 Å². The molecule has 0 amide bonds. The number of nitrogens with zero attached hydrogens (tertiary/aromatic N) is 2. The number of nitrogens with two attached hydrogens (primary N) is 1. The molecule has 2 aromatic rings. The van der Waals surface area contributed by atoms with E-state index in [1.807, 2.05) is 18.4 Å². The second-order valence-electron chi connectivity index (χ2n) is 2.86. The monoisotopic (exact) mass is 269 g/mol. The summed E-state index contributed by atoms with van der Waals surface area (Å²) in [6.45, 7) is 1.91. The molecular weight excluding hydrogens is 262 g/mol. The van der Waals surface area contributed by atoms with E-state index in [0.29, 0.717) is 11.6 Å². The largest absolute Gasteiger partial charge is 0.384 e. The summed E-state index contributed by atoms with van der Waals surface area (Å²) in [5.41, 5.74) is 6.54. The Morgan fingerprint density at radius 3 is 2.79 bits per heavy atom. The smallest absolute Gasteiger partial charge is 0.172 e. The number of halogens is 1. The third kappa shape index (κ3) is 1.78. The molecule has 0 aliphatic heterocycles. The molecule has 5 heteroatoms. The summed E-state index contributed by atoms with van der Waals surface area (Å²) in [5.74, 6) is 1.19. The van der Waals surface area contributed by atoms with Crippen LogP contribution in [0.4, 0.5) is 5.82 Å². The van der Waals surface area contributed by atoms with E-state index in [9.17, 15) is 0 Å². The third-order valence-corrected chi connectivity index (χ3v) is 3.53. The second kappa shape index (κ2) is 3.67. The van der Waals surface area contributed by atoms with Crippen molar-refractivity contribution in [2.45, 2.75) is 6.92 Å². The van der Waals surface area contributed by atoms with Crippen LogP contribution in [0.5, 0.6) is 0 Å². The highest BCUT2D eigenvalue weighted by molar-refractivity contribution is 9.10. The van der Waals surface area contributed by atoms with Crippen molar-refractivity contribution in [3.63, 3.8) is 0 Å². The van der Waals surface area contributed by atoms with Gasteiger partial charge in [0, 0.05) is 16.2 Å². The number of aromatic nitrogens is 2. The van der Waals surface area contributed by atoms with Crippen molar-refractivity contribution in [2.24, 2.45) is 0 Å². The number of rotatable bonds is 1. The molecule has 0 atom stereocenters. The van der Waals surface area contributed by atoms with Gasteiger partial charge in [-0.05, 0) is 34.3 Å². The second-order valence-corrected chi connectivity index (χ2v) is 4.63. The van der Waals surface area contributed by atoms with Crippen LogP contribution in [0, 0.1) is 6.92 Å². The molecule has 3 nitrogen and oxygen atoms in total. The van der Waals surface area contributed by atoms with Crippen molar-refractivity contribution >= 4 is 33.1 Å². The molecular formula is C9H8BrN3S. The molecule has 0 radical (unpaired) electrons. The maximum absolute atomic E-state index is 5.65. The molecule has 2 rings (SSSR count). The van der Waals surface area contributed by atoms with E-state index in [2.05, 4.69) is 25.9 Å². The molecule has 0 bridgehead atoms. The minimum absolute atomic E-state index is 0.507. The molecule has 0 saturated carbocycles. The average Bonchev–Trinajstić information content (AvgIpc) is 2.49. The first kappa shape index (κ1) is 9.61. The standard InChI is InChI=1S/C9H8BrN3S/c1-5-4-7(11)13-9(12-5)8-6(10)2-3-14-8/h2-4H,1H3,(H2,11,12,13). The zero-order valence-corrected chi connectivity index (χ0v) is 9.89. The Bertz CT molecular complexity index is 447. The predicted octanol–water partition coefficient (Wildman–Crippen LogP) is 2.86. The Kier molecular flexibility index (Phi) is 2.52. The van der Waals surface area contributed by atoms with Gasteiger partial charge in [0.25, 0.3) is 0 Å². The Morgan fingerprint density at radius 1 is 1.43 bits per heavy atom. The molecule has 0 aromatic carbocycles. The lowest BCUT2D eigenvalue weighted by atomic mass is 10.4. The van der Waals surface area contributed by atoms with Crippen LogP contribution >= 0.6 is 27.3 Å². The van der Waals surface area contributed by atoms with Crippen LogP contribution < -0.4 is 5.73 Å². The third-order valence-electron chi connectivity index (χ3n) is 1.69. The van der Waals surface area contributed by atoms with E-state index in [-0.39, 0.29) is 0 Å². The quantitative estimate of drug-likeness (QED) is 0.866. The van der Waals surface area contributed by atoms with E-state index < -0.39 is 0 Å². The summed E-state index contributed by atoms with van der Waals surface area (Å²) in [4.78, 5) is 9.53. The summed E-state index contributed by atoms with van der Waals surface area (Å²) in [7, 11) is 0. The van der Waals surface area contributed by atoms with Crippen LogP contribution in [0.1, 0.15) is 5.69 Å². The van der Waals surface area contributed by atoms with Crippen LogP contribution in [0.2, 0.25) is 0 Å². The van der Waals surface area contributed by atoms with Crippen molar-refractivity contribution in [3.8, 4) is 10.7 Å². The Hall–Kier alpha value is -0.940. The normalized spacial score (nSPS) is 10.4. The SMILES string of the molecule is Cc1cc(N)nc(-c2sccc2Br)n1. The topological polar surface area (TPSA) is 51.8 Å². The first-order valence-electron chi connectivity index (χ1n) is 4.01. The Balaban J connectivity index is 2.57. The highest BCUT2D eigenvalue weighted by atomic mass is 79.9. The molecule has 0 unspecified atom stereocenters. The number of nitrogen functional groups attached to an aromatic ring is 1. The molecule has 0 aliphatic carbocycles. The van der Waals surface area contributed by atoms with Crippen molar-refractivity contribution in [2.75, 3.05) is 5.73 Å². The van der Waals surface area contributed by atoms with Crippen molar-refractivity contribution in [1.82, 2.24) is 9.97 Å². The lowest BCUT2D eigenvalue weighted by Gasteiger charge is -2.00. The summed E-state index contributed by atoms with van der Waals surface area (Å²) in [6.07, 6.45) is 0. The van der Waals surface area contributed by atoms with Gasteiger partial charge in [0.1, 0.15) is 5.82 Å². The molecule has 14 heavy (non-hydrogen) atoms. The molecule has 2 aromatic heterocycles. The van der Waals surface area contributed by atoms with Gasteiger partial charge in [-0.15, -0.1) is 11.3 Å². The van der Waals surface area contributed by atoms with Crippen LogP contribution in [0.15, 0.2) is 22.0 Å². The first-order valence-corrected chi connectivity index (χ1v) is 5.68. The molecule has 0 fully saturated rings. The summed E-state index contributed by atoms with van der Waals surface area (Å²) in [6, 6.07) is 3.73. The summed E-state index contributed by atoms with van der Waals surface area (Å²) >= 11 is 5.03. The minimum Gasteiger partial charge on any atom is -0.384 e. The fourth-order valence-corrected chi connectivity index (χ4v) is 2.63. The van der Waals surface area contributed by atoms with Gasteiger partial charge in [-0.3, -0.25) is 0 Å². The van der Waals surface area contributed by atoms with Gasteiger partial charge in [-0.1, -0.05) is 0 Å². The lowest BCUT2D eigenvalue weighted by molar-refractivity contribution is 1.12. The number of hydrogen-bond acceptors (Lipinski definition) is 4. The summed E-state index contributed by atoms with van der Waals surface area (Å²) in [5, 5.41) is 1.99. The predicted molar refractivity (Wildman–Crippen MR) is 62.2 cm³/mol. The van der Waals surface area contributed by atoms with Gasteiger partial charge in [-0.2, -0.15) is 0 Å². The highest BCUT2D eigenvalue weighted by Crippen LogP contribution is 2.31. The maximum atomic E-state index is 5.65. The molecule has 2 N–H and O–H groups in total. The fourth-order valence-electron chi connectivity index (χ4n) is 1.15. The van der Waals surface area contributed by atoms with Gasteiger partial charge in [-0.25, -0.2) is 9.97 Å². The molecule has 0 aliphatic rings. The Morgan fingerprint density at radius 2 is 2.21 bits per heavy atom. The van der Waals surface area contributed by atoms with Gasteiger partial charge >= 0.3 is 0 Å². The van der Waals surface area contributed by atoms with Gasteiger partial charge in [0.15, 0.2) is 5.82 Å². The number of hydrogen-bond donors (Lipinski definition) is 1. The minimum atomic E-state index is 0.507. The molecule has 0 spiro atoms. The van der Waals surface area contributed by atoms with Gasteiger partial charge in [0.2, 0.25) is 0 Å². The van der Waals surface area contributed by atoms with Crippen LogP contribution in [-0.4, -0.2) is 9.97 Å². The fraction of sp³-hybridized carbons (Fsp3) is 0.111. The molecule has 0 saturated heterocycles. The number of thiophene rings is 1. The number of aryl methyl sites for hydroxylation is 1. The van der Waals surface area contributed by atoms with Gasteiger partial charge in [0.05, 0.1) is 4.88 Å². The maximum Gasteiger partial charge on any atom is 0.172 e. The molecule has 72 valence electrons. The summed E-state index contributed by atoms with van der Waals surface area (Å²) < 4.78 is 1.01. The van der Waals surface area contributed by atoms with Crippen molar-refractivity contribution in [1.29, 1.82) is 0 Å². The lowest BCUT2D eigenvalue weighted by Crippen LogP contribution is -1.96. The Labute approximate surface area is 94.1 Å². The van der Waals surface area contributed by atoms with E-state index in [4.69, 9.17) is 5.73 Å². The zero-order valence-electron chi connectivity index (χ0n) is 7.49. The van der Waals surface area contributed by atoms with Gasteiger partial charge < -0.3 is 5.73 Å². The molecule has 2 heterocycles. The number of anilines is 1. The highest BCUT2D eigenvalue weighted by Gasteiger charge is 2.08. The van der Waals surface area contributed by atoms with Crippen molar-refractivity contribution in [3.05, 3.63) is 27.7 Å². The zero-order chi connectivity index (χ0) is 10.1. The van der Waals surface area contributed by atoms with E-state index in [1.165, 1.54) is 0 Å². The first-order chi connectivity index (χ1) is 6.66. The van der Waals surface area contributed by atoms with Crippen LogP contribution in [0.25, 0.3) is 10.7 Å².